The van der Waals surface area contributed by atoms with E-state index in [2.05, 4.69) is 6.92 Å². The maximum atomic E-state index is 12.8. The average molecular weight is 325 g/mol. The predicted octanol–water partition coefficient (Wildman–Crippen LogP) is 5.07. The highest BCUT2D eigenvalue weighted by atomic mass is 19.4. The standard InChI is InChI=1S/C18H22F3NO/c1-3-4-5-6-7-8-14-12-17(23)15-11-13(18(19,20)21)9-10-16(15)22(14)2/h9-12H,3-8H2,1-2H3. The van der Waals surface area contributed by atoms with E-state index in [4.69, 9.17) is 0 Å². The fourth-order valence-electron chi connectivity index (χ4n) is 2.83. The number of nitrogens with zero attached hydrogens (tertiary/aromatic N) is 1. The minimum Gasteiger partial charge on any atom is -0.347 e. The van der Waals surface area contributed by atoms with E-state index in [1.54, 1.807) is 7.05 Å². The van der Waals surface area contributed by atoms with Crippen LogP contribution in [0, 0.1) is 0 Å². The monoisotopic (exact) mass is 325 g/mol. The zero-order valence-corrected chi connectivity index (χ0v) is 13.5. The number of unbranched alkanes of at least 4 members (excludes halogenated alkanes) is 4. The first kappa shape index (κ1) is 17.6. The van der Waals surface area contributed by atoms with Crippen LogP contribution in [0.4, 0.5) is 13.2 Å². The Morgan fingerprint density at radius 2 is 1.74 bits per heavy atom. The summed E-state index contributed by atoms with van der Waals surface area (Å²) >= 11 is 0. The molecule has 0 aliphatic heterocycles. The summed E-state index contributed by atoms with van der Waals surface area (Å²) < 4.78 is 40.2. The normalized spacial score (nSPS) is 12.0. The molecule has 0 bridgehead atoms. The van der Waals surface area contributed by atoms with E-state index < -0.39 is 11.7 Å². The van der Waals surface area contributed by atoms with E-state index in [9.17, 15) is 18.0 Å². The fourth-order valence-corrected chi connectivity index (χ4v) is 2.83. The van der Waals surface area contributed by atoms with Gasteiger partial charge in [0.25, 0.3) is 0 Å². The van der Waals surface area contributed by atoms with Crippen molar-refractivity contribution in [3.8, 4) is 0 Å². The Morgan fingerprint density at radius 3 is 2.39 bits per heavy atom. The molecule has 5 heteroatoms. The highest BCUT2D eigenvalue weighted by Gasteiger charge is 2.30. The molecule has 0 N–H and O–H groups in total. The van der Waals surface area contributed by atoms with Crippen molar-refractivity contribution >= 4 is 10.9 Å². The SMILES string of the molecule is CCCCCCCc1cc(=O)c2cc(C(F)(F)F)ccc2n1C. The van der Waals surface area contributed by atoms with Crippen molar-refractivity contribution in [3.05, 3.63) is 45.7 Å². The Bertz CT molecular complexity index is 731. The Labute approximate surface area is 133 Å². The van der Waals surface area contributed by atoms with Crippen LogP contribution >= 0.6 is 0 Å². The average Bonchev–Trinajstić information content (AvgIpc) is 2.50. The molecule has 1 heterocycles. The van der Waals surface area contributed by atoms with Crippen LogP contribution in [0.5, 0.6) is 0 Å². The maximum Gasteiger partial charge on any atom is 0.416 e. The molecule has 0 fully saturated rings. The summed E-state index contributed by atoms with van der Waals surface area (Å²) in [5.74, 6) is 0. The lowest BCUT2D eigenvalue weighted by Crippen LogP contribution is -2.13. The molecule has 0 amide bonds. The van der Waals surface area contributed by atoms with E-state index >= 15 is 0 Å². The van der Waals surface area contributed by atoms with Gasteiger partial charge in [-0.3, -0.25) is 4.79 Å². The first-order chi connectivity index (χ1) is 10.8. The summed E-state index contributed by atoms with van der Waals surface area (Å²) in [4.78, 5) is 12.2. The molecule has 23 heavy (non-hydrogen) atoms. The molecule has 0 aliphatic rings. The maximum absolute atomic E-state index is 12.8. The van der Waals surface area contributed by atoms with Crippen LogP contribution in [0.3, 0.4) is 0 Å². The molecular formula is C18H22F3NO. The van der Waals surface area contributed by atoms with Gasteiger partial charge in [-0.15, -0.1) is 0 Å². The Balaban J connectivity index is 2.29. The van der Waals surface area contributed by atoms with Gasteiger partial charge in [0.15, 0.2) is 5.43 Å². The lowest BCUT2D eigenvalue weighted by atomic mass is 10.1. The van der Waals surface area contributed by atoms with Crippen LogP contribution in [0.25, 0.3) is 10.9 Å². The molecule has 2 rings (SSSR count). The second kappa shape index (κ2) is 7.20. The molecule has 0 saturated carbocycles. The highest BCUT2D eigenvalue weighted by Crippen LogP contribution is 2.30. The molecule has 0 atom stereocenters. The zero-order chi connectivity index (χ0) is 17.0. The summed E-state index contributed by atoms with van der Waals surface area (Å²) in [6.45, 7) is 2.16. The summed E-state index contributed by atoms with van der Waals surface area (Å²) in [5.41, 5.74) is 0.301. The molecule has 1 aromatic heterocycles. The van der Waals surface area contributed by atoms with Crippen molar-refractivity contribution in [2.24, 2.45) is 7.05 Å². The van der Waals surface area contributed by atoms with Gasteiger partial charge >= 0.3 is 6.18 Å². The lowest BCUT2D eigenvalue weighted by Gasteiger charge is -2.14. The van der Waals surface area contributed by atoms with E-state index in [0.29, 0.717) is 5.52 Å². The first-order valence-corrected chi connectivity index (χ1v) is 8.04. The second-order valence-electron chi connectivity index (χ2n) is 5.95. The van der Waals surface area contributed by atoms with Crippen LogP contribution in [0.15, 0.2) is 29.1 Å². The van der Waals surface area contributed by atoms with Gasteiger partial charge in [0.1, 0.15) is 0 Å². The third-order valence-electron chi connectivity index (χ3n) is 4.22. The largest absolute Gasteiger partial charge is 0.416 e. The summed E-state index contributed by atoms with van der Waals surface area (Å²) in [6, 6.07) is 4.85. The van der Waals surface area contributed by atoms with E-state index in [1.165, 1.54) is 31.4 Å². The number of aromatic nitrogens is 1. The van der Waals surface area contributed by atoms with Crippen molar-refractivity contribution in [2.75, 3.05) is 0 Å². The number of hydrogen-bond acceptors (Lipinski definition) is 1. The van der Waals surface area contributed by atoms with Gasteiger partial charge in [-0.1, -0.05) is 32.6 Å². The minimum atomic E-state index is -4.43. The number of benzene rings is 1. The number of pyridine rings is 1. The van der Waals surface area contributed by atoms with Gasteiger partial charge in [0.2, 0.25) is 0 Å². The van der Waals surface area contributed by atoms with Crippen LogP contribution in [-0.4, -0.2) is 4.57 Å². The Kier molecular flexibility index (Phi) is 5.50. The van der Waals surface area contributed by atoms with Gasteiger partial charge in [-0.2, -0.15) is 13.2 Å². The fraction of sp³-hybridized carbons (Fsp3) is 0.500. The van der Waals surface area contributed by atoms with Crippen molar-refractivity contribution in [1.82, 2.24) is 4.57 Å². The number of fused-ring (bicyclic) bond motifs is 1. The van der Waals surface area contributed by atoms with Gasteiger partial charge in [0, 0.05) is 24.2 Å². The van der Waals surface area contributed by atoms with Crippen molar-refractivity contribution in [1.29, 1.82) is 0 Å². The molecule has 0 radical (unpaired) electrons. The number of hydrogen-bond donors (Lipinski definition) is 0. The third-order valence-corrected chi connectivity index (χ3v) is 4.22. The highest BCUT2D eigenvalue weighted by molar-refractivity contribution is 5.80. The number of aryl methyl sites for hydroxylation is 2. The molecule has 0 unspecified atom stereocenters. The molecule has 2 nitrogen and oxygen atoms in total. The quantitative estimate of drug-likeness (QED) is 0.680. The predicted molar refractivity (Wildman–Crippen MR) is 86.7 cm³/mol. The molecule has 0 spiro atoms. The van der Waals surface area contributed by atoms with E-state index in [1.807, 2.05) is 4.57 Å². The zero-order valence-electron chi connectivity index (χ0n) is 13.5. The Morgan fingerprint density at radius 1 is 1.04 bits per heavy atom. The minimum absolute atomic E-state index is 0.122. The summed E-state index contributed by atoms with van der Waals surface area (Å²) in [7, 11) is 1.80. The van der Waals surface area contributed by atoms with Crippen molar-refractivity contribution in [2.45, 2.75) is 51.6 Å². The Hall–Kier alpha value is -1.78. The van der Waals surface area contributed by atoms with Gasteiger partial charge < -0.3 is 4.57 Å². The molecule has 126 valence electrons. The van der Waals surface area contributed by atoms with Crippen LogP contribution < -0.4 is 5.43 Å². The van der Waals surface area contributed by atoms with Crippen LogP contribution in [-0.2, 0) is 19.6 Å². The molecule has 1 aromatic carbocycles. The van der Waals surface area contributed by atoms with Crippen LogP contribution in [0.2, 0.25) is 0 Å². The summed E-state index contributed by atoms with van der Waals surface area (Å²) in [5, 5.41) is 0.122. The summed E-state index contributed by atoms with van der Waals surface area (Å²) in [6.07, 6.45) is 1.98. The molecule has 2 aromatic rings. The number of alkyl halides is 3. The number of halogens is 3. The molecule has 0 saturated heterocycles. The van der Waals surface area contributed by atoms with Crippen molar-refractivity contribution in [3.63, 3.8) is 0 Å². The van der Waals surface area contributed by atoms with Crippen molar-refractivity contribution < 1.29 is 13.2 Å². The van der Waals surface area contributed by atoms with E-state index in [0.717, 1.165) is 37.1 Å². The topological polar surface area (TPSA) is 22.0 Å². The smallest absolute Gasteiger partial charge is 0.347 e. The van der Waals surface area contributed by atoms with Gasteiger partial charge in [-0.05, 0) is 31.0 Å². The van der Waals surface area contributed by atoms with Gasteiger partial charge in [0.05, 0.1) is 11.1 Å². The number of rotatable bonds is 6. The lowest BCUT2D eigenvalue weighted by molar-refractivity contribution is -0.137. The van der Waals surface area contributed by atoms with Crippen LogP contribution in [0.1, 0.15) is 50.3 Å². The van der Waals surface area contributed by atoms with E-state index in [-0.39, 0.29) is 10.8 Å². The van der Waals surface area contributed by atoms with Gasteiger partial charge in [-0.25, -0.2) is 0 Å². The third kappa shape index (κ3) is 4.15. The second-order valence-corrected chi connectivity index (χ2v) is 5.95. The first-order valence-electron chi connectivity index (χ1n) is 8.04. The molecular weight excluding hydrogens is 303 g/mol. The molecule has 0 aliphatic carbocycles.